The normalized spacial score (nSPS) is 10.8. The Bertz CT molecular complexity index is 1130. The zero-order valence-electron chi connectivity index (χ0n) is 15.8. The number of nitrogens with two attached hydrogens (primary N) is 1. The number of hydrogen-bond acceptors (Lipinski definition) is 6. The Morgan fingerprint density at radius 3 is 2.69 bits per heavy atom. The largest absolute Gasteiger partial charge is 0.366 e. The van der Waals surface area contributed by atoms with Crippen LogP contribution in [-0.4, -0.2) is 27.1 Å². The van der Waals surface area contributed by atoms with Crippen LogP contribution in [0, 0.1) is 0 Å². The van der Waals surface area contributed by atoms with Crippen molar-refractivity contribution in [2.24, 2.45) is 5.73 Å². The van der Waals surface area contributed by atoms with Crippen LogP contribution in [-0.2, 0) is 17.8 Å². The molecule has 0 radical (unpaired) electrons. The summed E-state index contributed by atoms with van der Waals surface area (Å²) in [5.41, 5.74) is 6.00. The first-order chi connectivity index (χ1) is 13.9. The van der Waals surface area contributed by atoms with Crippen LogP contribution in [0.25, 0.3) is 10.2 Å². The highest BCUT2D eigenvalue weighted by atomic mass is 32.2. The summed E-state index contributed by atoms with van der Waals surface area (Å²) >= 11 is 2.68. The highest BCUT2D eigenvalue weighted by Gasteiger charge is 2.15. The molecular formula is C20H20N4O3S2. The molecule has 1 aromatic carbocycles. The molecule has 29 heavy (non-hydrogen) atoms. The topological polar surface area (TPSA) is 107 Å². The second-order valence-corrected chi connectivity index (χ2v) is 8.22. The Balaban J connectivity index is 1.77. The molecule has 0 aliphatic carbocycles. The van der Waals surface area contributed by atoms with Gasteiger partial charge in [-0.15, -0.1) is 17.9 Å². The molecule has 9 heteroatoms. The number of rotatable bonds is 8. The Morgan fingerprint density at radius 1 is 1.34 bits per heavy atom. The van der Waals surface area contributed by atoms with Crippen molar-refractivity contribution in [2.45, 2.75) is 25.0 Å². The van der Waals surface area contributed by atoms with Gasteiger partial charge in [0.25, 0.3) is 5.56 Å². The molecule has 0 unspecified atom stereocenters. The van der Waals surface area contributed by atoms with E-state index < -0.39 is 5.91 Å². The highest BCUT2D eigenvalue weighted by molar-refractivity contribution is 7.99. The van der Waals surface area contributed by atoms with E-state index in [-0.39, 0.29) is 17.2 Å². The van der Waals surface area contributed by atoms with Gasteiger partial charge in [-0.2, -0.15) is 0 Å². The Labute approximate surface area is 175 Å². The summed E-state index contributed by atoms with van der Waals surface area (Å²) in [7, 11) is 0. The zero-order valence-corrected chi connectivity index (χ0v) is 17.4. The molecule has 2 heterocycles. The van der Waals surface area contributed by atoms with Gasteiger partial charge in [0.05, 0.1) is 11.1 Å². The third-order valence-electron chi connectivity index (χ3n) is 4.11. The minimum Gasteiger partial charge on any atom is -0.366 e. The summed E-state index contributed by atoms with van der Waals surface area (Å²) in [5, 5.41) is 3.82. The molecule has 0 aliphatic rings. The van der Waals surface area contributed by atoms with E-state index in [2.05, 4.69) is 16.9 Å². The minimum absolute atomic E-state index is 0.0820. The fourth-order valence-corrected chi connectivity index (χ4v) is 4.48. The molecule has 0 bridgehead atoms. The van der Waals surface area contributed by atoms with Gasteiger partial charge in [-0.3, -0.25) is 19.0 Å². The van der Waals surface area contributed by atoms with Gasteiger partial charge >= 0.3 is 0 Å². The number of nitrogens with one attached hydrogen (secondary N) is 1. The average Bonchev–Trinajstić information content (AvgIpc) is 3.13. The number of aryl methyl sites for hydroxylation is 1. The molecule has 3 rings (SSSR count). The van der Waals surface area contributed by atoms with Crippen molar-refractivity contribution in [3.05, 3.63) is 63.8 Å². The fourth-order valence-electron chi connectivity index (χ4n) is 2.67. The van der Waals surface area contributed by atoms with Crippen molar-refractivity contribution in [1.82, 2.24) is 9.55 Å². The predicted molar refractivity (Wildman–Crippen MR) is 118 cm³/mol. The smallest absolute Gasteiger partial charge is 0.263 e. The molecule has 0 atom stereocenters. The van der Waals surface area contributed by atoms with E-state index in [4.69, 9.17) is 5.73 Å². The van der Waals surface area contributed by atoms with Crippen LogP contribution in [0.4, 0.5) is 5.69 Å². The quantitative estimate of drug-likeness (QED) is 0.326. The number of benzene rings is 1. The first kappa shape index (κ1) is 20.8. The van der Waals surface area contributed by atoms with E-state index >= 15 is 0 Å². The Hall–Kier alpha value is -2.91. The van der Waals surface area contributed by atoms with Gasteiger partial charge in [-0.05, 0) is 36.8 Å². The maximum Gasteiger partial charge on any atom is 0.263 e. The van der Waals surface area contributed by atoms with Crippen LogP contribution < -0.4 is 16.6 Å². The molecule has 0 saturated heterocycles. The van der Waals surface area contributed by atoms with Gasteiger partial charge in [-0.1, -0.05) is 24.8 Å². The monoisotopic (exact) mass is 428 g/mol. The standard InChI is InChI=1S/C20H20N4O3S2/c1-3-9-24-19(27)15-10-14(4-2)29-18(15)23-20(24)28-11-16(25)22-13-7-5-12(6-8-13)17(21)26/h3,5-8,10H,1,4,9,11H2,2H3,(H2,21,26)(H,22,25). The first-order valence-corrected chi connectivity index (χ1v) is 10.7. The summed E-state index contributed by atoms with van der Waals surface area (Å²) in [5.74, 6) is -0.694. The molecule has 0 fully saturated rings. The lowest BCUT2D eigenvalue weighted by atomic mass is 10.2. The van der Waals surface area contributed by atoms with Gasteiger partial charge in [0.1, 0.15) is 4.83 Å². The number of carbonyl (C=O) groups excluding carboxylic acids is 2. The van der Waals surface area contributed by atoms with E-state index in [1.54, 1.807) is 30.3 Å². The number of aromatic nitrogens is 2. The predicted octanol–water partition coefficient (Wildman–Crippen LogP) is 3.04. The van der Waals surface area contributed by atoms with Gasteiger partial charge in [0.15, 0.2) is 5.16 Å². The van der Waals surface area contributed by atoms with Crippen molar-refractivity contribution in [3.63, 3.8) is 0 Å². The third kappa shape index (κ3) is 4.75. The minimum atomic E-state index is -0.528. The molecule has 7 nitrogen and oxygen atoms in total. The van der Waals surface area contributed by atoms with Crippen molar-refractivity contribution in [3.8, 4) is 0 Å². The lowest BCUT2D eigenvalue weighted by Gasteiger charge is -2.10. The molecule has 0 spiro atoms. The molecule has 0 aliphatic heterocycles. The van der Waals surface area contributed by atoms with Crippen LogP contribution in [0.15, 0.2) is 52.9 Å². The van der Waals surface area contributed by atoms with Crippen molar-refractivity contribution in [2.75, 3.05) is 11.1 Å². The molecule has 150 valence electrons. The van der Waals surface area contributed by atoms with E-state index in [0.717, 1.165) is 11.3 Å². The highest BCUT2D eigenvalue weighted by Crippen LogP contribution is 2.25. The van der Waals surface area contributed by atoms with Gasteiger partial charge < -0.3 is 11.1 Å². The second kappa shape index (κ2) is 9.06. The van der Waals surface area contributed by atoms with E-state index in [1.165, 1.54) is 27.7 Å². The number of nitrogens with zero attached hydrogens (tertiary/aromatic N) is 2. The van der Waals surface area contributed by atoms with E-state index in [0.29, 0.717) is 33.2 Å². The number of allylic oxidation sites excluding steroid dienone is 1. The summed E-state index contributed by atoms with van der Waals surface area (Å²) in [6.45, 7) is 6.05. The van der Waals surface area contributed by atoms with Crippen LogP contribution >= 0.6 is 23.1 Å². The van der Waals surface area contributed by atoms with Crippen LogP contribution in [0.1, 0.15) is 22.2 Å². The molecule has 2 aromatic heterocycles. The first-order valence-electron chi connectivity index (χ1n) is 8.89. The van der Waals surface area contributed by atoms with Crippen LogP contribution in [0.3, 0.4) is 0 Å². The lowest BCUT2D eigenvalue weighted by molar-refractivity contribution is -0.113. The lowest BCUT2D eigenvalue weighted by Crippen LogP contribution is -2.23. The van der Waals surface area contributed by atoms with Crippen molar-refractivity contribution >= 4 is 50.8 Å². The van der Waals surface area contributed by atoms with Gasteiger partial charge in [0.2, 0.25) is 11.8 Å². The number of fused-ring (bicyclic) bond motifs is 1. The number of thiophene rings is 1. The van der Waals surface area contributed by atoms with Crippen molar-refractivity contribution < 1.29 is 9.59 Å². The number of hydrogen-bond donors (Lipinski definition) is 2. The molecule has 3 N–H and O–H groups in total. The number of amides is 2. The summed E-state index contributed by atoms with van der Waals surface area (Å²) in [4.78, 5) is 42.6. The average molecular weight is 429 g/mol. The molecule has 2 amide bonds. The van der Waals surface area contributed by atoms with Crippen LogP contribution in [0.2, 0.25) is 0 Å². The van der Waals surface area contributed by atoms with Gasteiger partial charge in [0, 0.05) is 22.7 Å². The number of thioether (sulfide) groups is 1. The van der Waals surface area contributed by atoms with E-state index in [9.17, 15) is 14.4 Å². The number of carbonyl (C=O) groups is 2. The van der Waals surface area contributed by atoms with E-state index in [1.807, 2.05) is 13.0 Å². The van der Waals surface area contributed by atoms with Crippen molar-refractivity contribution in [1.29, 1.82) is 0 Å². The Morgan fingerprint density at radius 2 is 2.07 bits per heavy atom. The summed E-state index contributed by atoms with van der Waals surface area (Å²) in [6, 6.07) is 8.19. The zero-order chi connectivity index (χ0) is 21.0. The molecular weight excluding hydrogens is 408 g/mol. The maximum atomic E-state index is 12.8. The molecule has 3 aromatic rings. The van der Waals surface area contributed by atoms with Crippen LogP contribution in [0.5, 0.6) is 0 Å². The summed E-state index contributed by atoms with van der Waals surface area (Å²) in [6.07, 6.45) is 2.47. The maximum absolute atomic E-state index is 12.8. The SMILES string of the molecule is C=CCn1c(SCC(=O)Nc2ccc(C(N)=O)cc2)nc2sc(CC)cc2c1=O. The number of anilines is 1. The third-order valence-corrected chi connectivity index (χ3v) is 6.26. The molecule has 0 saturated carbocycles. The number of primary amides is 1. The summed E-state index contributed by atoms with van der Waals surface area (Å²) < 4.78 is 1.53. The Kier molecular flexibility index (Phi) is 6.50. The van der Waals surface area contributed by atoms with Gasteiger partial charge in [-0.25, -0.2) is 4.98 Å². The fraction of sp³-hybridized carbons (Fsp3) is 0.200. The second-order valence-electron chi connectivity index (χ2n) is 6.16.